The summed E-state index contributed by atoms with van der Waals surface area (Å²) < 4.78 is 80.6. The summed E-state index contributed by atoms with van der Waals surface area (Å²) >= 11 is 0. The first kappa shape index (κ1) is 91.3. The van der Waals surface area contributed by atoms with Crippen molar-refractivity contribution in [2.24, 2.45) is 11.5 Å². The Kier molecular flexibility index (Phi) is 70.9. The van der Waals surface area contributed by atoms with Crippen LogP contribution < -0.4 is 43.4 Å². The van der Waals surface area contributed by atoms with Gasteiger partial charge in [-0.25, -0.2) is 24.0 Å². The molecule has 0 aliphatic rings. The highest BCUT2D eigenvalue weighted by molar-refractivity contribution is 5.86. The van der Waals surface area contributed by atoms with Crippen LogP contribution in [0.5, 0.6) is 0 Å². The summed E-state index contributed by atoms with van der Waals surface area (Å²) in [6, 6.07) is -2.38. The van der Waals surface area contributed by atoms with Crippen molar-refractivity contribution in [3.63, 3.8) is 0 Å². The molecule has 0 aromatic rings. The minimum Gasteiger partial charge on any atom is -0.480 e. The molecule has 90 heavy (non-hydrogen) atoms. The minimum atomic E-state index is -1.09. The van der Waals surface area contributed by atoms with Crippen LogP contribution in [-0.2, 0) is 90.2 Å². The number of nitrogens with one attached hydrogen (secondary N) is 6. The van der Waals surface area contributed by atoms with Crippen LogP contribution in [0.4, 0.5) is 19.2 Å². The van der Waals surface area contributed by atoms with E-state index in [1.807, 2.05) is 34.6 Å². The van der Waals surface area contributed by atoms with Gasteiger partial charge in [0.15, 0.2) is 0 Å². The Bertz CT molecular complexity index is 1680. The molecule has 0 aliphatic carbocycles. The van der Waals surface area contributed by atoms with E-state index in [-0.39, 0.29) is 75.9 Å². The third kappa shape index (κ3) is 70.4. The van der Waals surface area contributed by atoms with Crippen LogP contribution in [0.15, 0.2) is 0 Å². The SMILES string of the molecule is CCNC(=O)OC(C)(C)C.COCCOCCCCC(NC(=O)OCCOCCOC)C(=O)NC(C)CCCN.COCCOCCCCC(NC(=O)OCCOCCOC)C(=O)NCN.COCCOCCCCC(NC(=O)OCCOCCOC)C(=O)O. The molecule has 0 aromatic carbocycles. The molecule has 32 heteroatoms. The van der Waals surface area contributed by atoms with E-state index in [4.69, 9.17) is 92.4 Å². The molecule has 4 atom stereocenters. The molecule has 0 fully saturated rings. The van der Waals surface area contributed by atoms with E-state index in [1.165, 1.54) is 0 Å². The smallest absolute Gasteiger partial charge is 0.407 e. The van der Waals surface area contributed by atoms with Crippen molar-refractivity contribution in [3.05, 3.63) is 0 Å². The number of nitrogens with two attached hydrogens (primary N) is 2. The first-order valence-electron chi connectivity index (χ1n) is 30.6. The largest absolute Gasteiger partial charge is 0.480 e. The number of amides is 6. The lowest BCUT2D eigenvalue weighted by Crippen LogP contribution is -2.49. The topological polar surface area (TPSA) is 412 Å². The van der Waals surface area contributed by atoms with Gasteiger partial charge in [0.25, 0.3) is 0 Å². The molecule has 0 bridgehead atoms. The van der Waals surface area contributed by atoms with E-state index in [0.717, 1.165) is 32.1 Å². The summed E-state index contributed by atoms with van der Waals surface area (Å²) in [4.78, 5) is 81.8. The highest BCUT2D eigenvalue weighted by Gasteiger charge is 2.24. The number of hydrogen-bond acceptors (Lipinski definition) is 25. The van der Waals surface area contributed by atoms with Crippen molar-refractivity contribution in [2.75, 3.05) is 201 Å². The number of carbonyl (C=O) groups excluding carboxylic acids is 6. The number of ether oxygens (including phenoxy) is 16. The van der Waals surface area contributed by atoms with Crippen LogP contribution in [0, 0.1) is 0 Å². The summed E-state index contributed by atoms with van der Waals surface area (Å²) in [5.74, 6) is -1.67. The van der Waals surface area contributed by atoms with E-state index in [1.54, 1.807) is 42.7 Å². The van der Waals surface area contributed by atoms with Gasteiger partial charge < -0.3 is 124 Å². The van der Waals surface area contributed by atoms with Crippen molar-refractivity contribution in [1.29, 1.82) is 0 Å². The predicted octanol–water partition coefficient (Wildman–Crippen LogP) is 2.62. The molecule has 6 amide bonds. The lowest BCUT2D eigenvalue weighted by atomic mass is 10.1. The fourth-order valence-electron chi connectivity index (χ4n) is 6.57. The Hall–Kier alpha value is -5.07. The van der Waals surface area contributed by atoms with Crippen molar-refractivity contribution in [2.45, 2.75) is 135 Å². The predicted molar refractivity (Wildman–Crippen MR) is 333 cm³/mol. The maximum Gasteiger partial charge on any atom is 0.407 e. The Morgan fingerprint density at radius 1 is 0.389 bits per heavy atom. The molecule has 0 radical (unpaired) electrons. The fraction of sp³-hybridized carbons (Fsp3) is 0.879. The Morgan fingerprint density at radius 3 is 1.02 bits per heavy atom. The molecule has 0 heterocycles. The molecule has 534 valence electrons. The van der Waals surface area contributed by atoms with E-state index in [0.29, 0.717) is 151 Å². The van der Waals surface area contributed by atoms with Crippen LogP contribution >= 0.6 is 0 Å². The molecule has 0 rings (SSSR count). The zero-order valence-corrected chi connectivity index (χ0v) is 56.0. The maximum atomic E-state index is 12.6. The second kappa shape index (κ2) is 69.8. The van der Waals surface area contributed by atoms with Gasteiger partial charge in [0, 0.05) is 75.1 Å². The van der Waals surface area contributed by atoms with E-state index < -0.39 is 42.4 Å². The van der Waals surface area contributed by atoms with Gasteiger partial charge in [0.05, 0.1) is 106 Å². The highest BCUT2D eigenvalue weighted by atomic mass is 16.6. The molecule has 0 saturated carbocycles. The number of rotatable bonds is 54. The Morgan fingerprint density at radius 2 is 0.711 bits per heavy atom. The number of carbonyl (C=O) groups is 7. The lowest BCUT2D eigenvalue weighted by molar-refractivity contribution is -0.139. The zero-order chi connectivity index (χ0) is 68.2. The van der Waals surface area contributed by atoms with Gasteiger partial charge in [-0.15, -0.1) is 0 Å². The Labute approximate surface area is 534 Å². The normalized spacial score (nSPS) is 12.1. The average molecular weight is 1310 g/mol. The van der Waals surface area contributed by atoms with Gasteiger partial charge in [-0.2, -0.15) is 0 Å². The van der Waals surface area contributed by atoms with Crippen LogP contribution in [0.2, 0.25) is 0 Å². The van der Waals surface area contributed by atoms with Crippen molar-refractivity contribution >= 4 is 42.2 Å². The van der Waals surface area contributed by atoms with Gasteiger partial charge >= 0.3 is 30.3 Å². The van der Waals surface area contributed by atoms with Crippen molar-refractivity contribution in [1.82, 2.24) is 31.9 Å². The first-order valence-corrected chi connectivity index (χ1v) is 30.6. The molecule has 11 N–H and O–H groups in total. The molecule has 0 spiro atoms. The maximum absolute atomic E-state index is 12.6. The molecule has 0 aromatic heterocycles. The number of carboxylic acids is 1. The van der Waals surface area contributed by atoms with Crippen LogP contribution in [-0.4, -0.2) is 278 Å². The van der Waals surface area contributed by atoms with Crippen molar-refractivity contribution < 1.29 is 114 Å². The molecular weight excluding hydrogens is 1190 g/mol. The number of alkyl carbamates (subject to hydrolysis) is 4. The van der Waals surface area contributed by atoms with Gasteiger partial charge in [0.1, 0.15) is 43.5 Å². The average Bonchev–Trinajstić information content (AvgIpc) is 3.15. The van der Waals surface area contributed by atoms with E-state index in [2.05, 4.69) is 31.9 Å². The van der Waals surface area contributed by atoms with Crippen molar-refractivity contribution in [3.8, 4) is 0 Å². The third-order valence-electron chi connectivity index (χ3n) is 11.1. The Balaban J connectivity index is -0.000000574. The summed E-state index contributed by atoms with van der Waals surface area (Å²) in [6.07, 6.45) is 4.72. The third-order valence-corrected chi connectivity index (χ3v) is 11.1. The number of carboxylic acid groups (broad SMARTS) is 1. The van der Waals surface area contributed by atoms with E-state index >= 15 is 0 Å². The number of methoxy groups -OCH3 is 6. The number of hydrogen-bond donors (Lipinski definition) is 9. The van der Waals surface area contributed by atoms with Gasteiger partial charge in [-0.1, -0.05) is 0 Å². The fourth-order valence-corrected chi connectivity index (χ4v) is 6.57. The van der Waals surface area contributed by atoms with E-state index in [9.17, 15) is 33.6 Å². The van der Waals surface area contributed by atoms with Gasteiger partial charge in [-0.05, 0) is 112 Å². The van der Waals surface area contributed by atoms with Crippen LogP contribution in [0.1, 0.15) is 105 Å². The molecule has 0 saturated heterocycles. The standard InChI is InChI=1S/C20H41N3O7.C16H33N3O7.C15H29NO8.C7H15NO2/c1-17(7-6-9-21)22-19(24)18(8-4-5-10-28-13-11-26-2)23-20(25)30-16-15-29-14-12-27-3;1-22-7-9-24-6-4-3-5-14(15(20)18-13-17)19-16(21)26-12-11-25-10-8-23-2;1-20-7-9-22-6-4-3-5-13(14(17)18)16-15(19)24-12-11-23-10-8-21-2;1-5-8-6(9)10-7(2,3)4/h17-18H,4-16,21H2,1-3H3,(H,22,24)(H,23,25);14H,3-13,17H2,1-2H3,(H,18,20)(H,19,21);13H,3-12H2,1-2H3,(H,16,19)(H,17,18);5H2,1-4H3,(H,8,9). The number of aliphatic carboxylic acids is 1. The monoisotopic (exact) mass is 1310 g/mol. The summed E-state index contributed by atoms with van der Waals surface area (Å²) in [5.41, 5.74) is 10.5. The quantitative estimate of drug-likeness (QED) is 0.0240. The zero-order valence-electron chi connectivity index (χ0n) is 56.0. The molecular formula is C58H118N8O24. The minimum absolute atomic E-state index is 0.000467. The molecule has 0 aliphatic heterocycles. The second-order valence-corrected chi connectivity index (χ2v) is 20.1. The second-order valence-electron chi connectivity index (χ2n) is 20.1. The summed E-state index contributed by atoms with van der Waals surface area (Å²) in [7, 11) is 9.55. The first-order chi connectivity index (χ1) is 43.3. The highest BCUT2D eigenvalue weighted by Crippen LogP contribution is 2.08. The molecule has 4 unspecified atom stereocenters. The number of unbranched alkanes of at least 4 members (excludes halogenated alkanes) is 3. The van der Waals surface area contributed by atoms with Crippen LogP contribution in [0.3, 0.4) is 0 Å². The molecule has 32 nitrogen and oxygen atoms in total. The summed E-state index contributed by atoms with van der Waals surface area (Å²) in [5, 5.41) is 24.6. The van der Waals surface area contributed by atoms with Crippen LogP contribution in [0.25, 0.3) is 0 Å². The lowest BCUT2D eigenvalue weighted by Gasteiger charge is -2.21. The summed E-state index contributed by atoms with van der Waals surface area (Å²) in [6.45, 7) is 19.0. The van der Waals surface area contributed by atoms with Gasteiger partial charge in [-0.3, -0.25) is 9.59 Å². The van der Waals surface area contributed by atoms with Gasteiger partial charge in [0.2, 0.25) is 11.8 Å².